The number of benzene rings is 1. The highest BCUT2D eigenvalue weighted by Crippen LogP contribution is 2.39. The first-order valence-corrected chi connectivity index (χ1v) is 8.18. The van der Waals surface area contributed by atoms with Crippen LogP contribution in [0.1, 0.15) is 16.7 Å². The number of alkyl halides is 3. The molecule has 0 fully saturated rings. The second-order valence-electron chi connectivity index (χ2n) is 5.94. The molecule has 1 aromatic rings. The lowest BCUT2D eigenvalue weighted by Gasteiger charge is -2.29. The van der Waals surface area contributed by atoms with Crippen LogP contribution in [0.25, 0.3) is 6.08 Å². The summed E-state index contributed by atoms with van der Waals surface area (Å²) in [4.78, 5) is 26.1. The van der Waals surface area contributed by atoms with Gasteiger partial charge in [0.15, 0.2) is 0 Å². The van der Waals surface area contributed by atoms with E-state index in [1.807, 2.05) is 0 Å². The smallest absolute Gasteiger partial charge is 0.430 e. The second kappa shape index (κ2) is 8.91. The Morgan fingerprint density at radius 2 is 1.89 bits per heavy atom. The number of esters is 1. The SMILES string of the molecule is Cc1cc(C)c2c(c1)C=C(C(=O)OCCOCCO[N+](=O)[O-])[C@@H](C(F)(F)F)O2. The molecule has 1 aromatic carbocycles. The zero-order valence-corrected chi connectivity index (χ0v) is 15.1. The highest BCUT2D eigenvalue weighted by Gasteiger charge is 2.49. The van der Waals surface area contributed by atoms with Crippen molar-refractivity contribution in [3.05, 3.63) is 44.5 Å². The molecule has 0 aliphatic carbocycles. The summed E-state index contributed by atoms with van der Waals surface area (Å²) in [5.41, 5.74) is 1.03. The van der Waals surface area contributed by atoms with Crippen LogP contribution in [0.4, 0.5) is 13.2 Å². The number of carbonyl (C=O) groups excluding carboxylic acids is 1. The van der Waals surface area contributed by atoms with Crippen molar-refractivity contribution in [2.45, 2.75) is 26.1 Å². The molecule has 0 amide bonds. The Kier molecular flexibility index (Phi) is 6.84. The van der Waals surface area contributed by atoms with Gasteiger partial charge in [-0.05, 0) is 31.6 Å². The van der Waals surface area contributed by atoms with E-state index in [1.165, 1.54) is 0 Å². The van der Waals surface area contributed by atoms with Crippen LogP contribution in [0.2, 0.25) is 0 Å². The summed E-state index contributed by atoms with van der Waals surface area (Å²) < 4.78 is 55.0. The third kappa shape index (κ3) is 5.59. The van der Waals surface area contributed by atoms with E-state index in [9.17, 15) is 28.1 Å². The molecule has 1 aliphatic rings. The summed E-state index contributed by atoms with van der Waals surface area (Å²) >= 11 is 0. The topological polar surface area (TPSA) is 97.1 Å². The minimum Gasteiger partial charge on any atom is -0.475 e. The van der Waals surface area contributed by atoms with E-state index in [0.29, 0.717) is 11.1 Å². The van der Waals surface area contributed by atoms with Gasteiger partial charge in [0.2, 0.25) is 6.10 Å². The van der Waals surface area contributed by atoms with Crippen LogP contribution in [-0.4, -0.2) is 49.8 Å². The molecule has 0 spiro atoms. The quantitative estimate of drug-likeness (QED) is 0.284. The van der Waals surface area contributed by atoms with Gasteiger partial charge in [-0.25, -0.2) is 4.79 Å². The van der Waals surface area contributed by atoms with E-state index < -0.39 is 28.9 Å². The highest BCUT2D eigenvalue weighted by molar-refractivity contribution is 5.96. The fourth-order valence-electron chi connectivity index (χ4n) is 2.64. The molecule has 28 heavy (non-hydrogen) atoms. The van der Waals surface area contributed by atoms with Crippen LogP contribution in [0, 0.1) is 24.0 Å². The van der Waals surface area contributed by atoms with Gasteiger partial charge in [-0.2, -0.15) is 13.2 Å². The fourth-order valence-corrected chi connectivity index (χ4v) is 2.64. The largest absolute Gasteiger partial charge is 0.475 e. The lowest BCUT2D eigenvalue weighted by molar-refractivity contribution is -0.758. The van der Waals surface area contributed by atoms with E-state index >= 15 is 0 Å². The third-order valence-corrected chi connectivity index (χ3v) is 3.70. The first-order chi connectivity index (χ1) is 13.1. The van der Waals surface area contributed by atoms with Gasteiger partial charge < -0.3 is 19.0 Å². The molecule has 8 nitrogen and oxygen atoms in total. The van der Waals surface area contributed by atoms with Crippen LogP contribution in [-0.2, 0) is 19.1 Å². The minimum absolute atomic E-state index is 0.0681. The lowest BCUT2D eigenvalue weighted by atomic mass is 9.97. The van der Waals surface area contributed by atoms with Gasteiger partial charge in [0, 0.05) is 5.56 Å². The maximum absolute atomic E-state index is 13.4. The van der Waals surface area contributed by atoms with Crippen molar-refractivity contribution in [3.8, 4) is 5.75 Å². The zero-order chi connectivity index (χ0) is 20.9. The van der Waals surface area contributed by atoms with Gasteiger partial charge in [-0.1, -0.05) is 11.6 Å². The molecule has 154 valence electrons. The molecule has 0 aromatic heterocycles. The Morgan fingerprint density at radius 1 is 1.21 bits per heavy atom. The molecule has 0 N–H and O–H groups in total. The molecular formula is C17H18F3NO7. The number of nitrogens with zero attached hydrogens (tertiary/aromatic N) is 1. The molecule has 0 saturated heterocycles. The number of hydrogen-bond acceptors (Lipinski definition) is 7. The first kappa shape index (κ1) is 21.5. The van der Waals surface area contributed by atoms with Crippen molar-refractivity contribution in [2.24, 2.45) is 0 Å². The second-order valence-corrected chi connectivity index (χ2v) is 5.94. The number of halogens is 3. The molecule has 11 heteroatoms. The Labute approximate surface area is 157 Å². The Hall–Kier alpha value is -2.82. The average molecular weight is 405 g/mol. The minimum atomic E-state index is -4.81. The number of ether oxygens (including phenoxy) is 3. The molecule has 0 saturated carbocycles. The van der Waals surface area contributed by atoms with Crippen molar-refractivity contribution < 1.29 is 42.1 Å². The number of rotatable bonds is 8. The van der Waals surface area contributed by atoms with Crippen molar-refractivity contribution in [1.82, 2.24) is 0 Å². The van der Waals surface area contributed by atoms with E-state index in [-0.39, 0.29) is 32.2 Å². The van der Waals surface area contributed by atoms with E-state index in [2.05, 4.69) is 4.84 Å². The molecule has 1 atom stereocenters. The maximum atomic E-state index is 13.4. The Balaban J connectivity index is 2.04. The van der Waals surface area contributed by atoms with Crippen molar-refractivity contribution in [1.29, 1.82) is 0 Å². The standard InChI is InChI=1S/C17H18F3NO7/c1-10-7-11(2)14-12(8-10)9-13(15(28-14)17(18,19)20)16(22)26-5-3-25-4-6-27-21(23)24/h7-9,15H,3-6H2,1-2H3/t15-/m0/s1. The summed E-state index contributed by atoms with van der Waals surface area (Å²) in [7, 11) is 0. The molecule has 0 bridgehead atoms. The predicted molar refractivity (Wildman–Crippen MR) is 89.1 cm³/mol. The number of carbonyl (C=O) groups is 1. The summed E-state index contributed by atoms with van der Waals surface area (Å²) in [6.45, 7) is 2.45. The van der Waals surface area contributed by atoms with Crippen LogP contribution in [0.3, 0.4) is 0 Å². The molecular weight excluding hydrogens is 387 g/mol. The van der Waals surface area contributed by atoms with Gasteiger partial charge in [0.1, 0.15) is 19.0 Å². The van der Waals surface area contributed by atoms with Crippen LogP contribution >= 0.6 is 0 Å². The van der Waals surface area contributed by atoms with Crippen LogP contribution in [0.15, 0.2) is 17.7 Å². The summed E-state index contributed by atoms with van der Waals surface area (Å²) in [5, 5.41) is 8.95. The number of fused-ring (bicyclic) bond motifs is 1. The van der Waals surface area contributed by atoms with Gasteiger partial charge >= 0.3 is 12.1 Å². The third-order valence-electron chi connectivity index (χ3n) is 3.70. The molecule has 1 heterocycles. The highest BCUT2D eigenvalue weighted by atomic mass is 19.4. The van der Waals surface area contributed by atoms with Crippen molar-refractivity contribution in [2.75, 3.05) is 26.4 Å². The number of hydrogen-bond donors (Lipinski definition) is 0. The Morgan fingerprint density at radius 3 is 2.54 bits per heavy atom. The van der Waals surface area contributed by atoms with E-state index in [4.69, 9.17) is 14.2 Å². The van der Waals surface area contributed by atoms with Gasteiger partial charge in [-0.15, -0.1) is 10.1 Å². The molecule has 1 aliphatic heterocycles. The monoisotopic (exact) mass is 405 g/mol. The summed E-state index contributed by atoms with van der Waals surface area (Å²) in [5.74, 6) is -1.11. The van der Waals surface area contributed by atoms with Crippen LogP contribution in [0.5, 0.6) is 5.75 Å². The maximum Gasteiger partial charge on any atom is 0.430 e. The summed E-state index contributed by atoms with van der Waals surface area (Å²) in [6.07, 6.45) is -6.13. The predicted octanol–water partition coefficient (Wildman–Crippen LogP) is 2.78. The van der Waals surface area contributed by atoms with Gasteiger partial charge in [-0.3, -0.25) is 0 Å². The van der Waals surface area contributed by atoms with Crippen LogP contribution < -0.4 is 4.74 Å². The van der Waals surface area contributed by atoms with E-state index in [0.717, 1.165) is 11.6 Å². The molecule has 0 unspecified atom stereocenters. The molecule has 2 rings (SSSR count). The zero-order valence-electron chi connectivity index (χ0n) is 15.1. The molecule has 0 radical (unpaired) electrons. The van der Waals surface area contributed by atoms with Crippen molar-refractivity contribution in [3.63, 3.8) is 0 Å². The van der Waals surface area contributed by atoms with Crippen molar-refractivity contribution >= 4 is 12.0 Å². The Bertz CT molecular complexity index is 777. The normalized spacial score (nSPS) is 15.9. The first-order valence-electron chi connectivity index (χ1n) is 8.18. The fraction of sp³-hybridized carbons (Fsp3) is 0.471. The number of aryl methyl sites for hydroxylation is 2. The summed E-state index contributed by atoms with van der Waals surface area (Å²) in [6, 6.07) is 3.30. The average Bonchev–Trinajstić information content (AvgIpc) is 2.58. The van der Waals surface area contributed by atoms with Gasteiger partial charge in [0.25, 0.3) is 5.09 Å². The van der Waals surface area contributed by atoms with Gasteiger partial charge in [0.05, 0.1) is 18.8 Å². The lowest BCUT2D eigenvalue weighted by Crippen LogP contribution is -2.41. The van der Waals surface area contributed by atoms with E-state index in [1.54, 1.807) is 26.0 Å².